The normalized spacial score (nSPS) is 6.88. The van der Waals surface area contributed by atoms with Gasteiger partial charge in [0.1, 0.15) is 0 Å². The average Bonchev–Trinajstić information content (AvgIpc) is 1.71. The SMILES string of the molecule is C=CCOC.CCC. The minimum atomic E-state index is 0.653. The summed E-state index contributed by atoms with van der Waals surface area (Å²) in [5, 5.41) is 0. The first-order valence-corrected chi connectivity index (χ1v) is 2.93. The molecule has 50 valence electrons. The third kappa shape index (κ3) is 43.6. The average molecular weight is 116 g/mol. The molecular formula is C7H16O. The van der Waals surface area contributed by atoms with Gasteiger partial charge in [0, 0.05) is 7.11 Å². The highest BCUT2D eigenvalue weighted by molar-refractivity contribution is 4.62. The summed E-state index contributed by atoms with van der Waals surface area (Å²) in [6, 6.07) is 0. The van der Waals surface area contributed by atoms with Crippen molar-refractivity contribution in [3.05, 3.63) is 12.7 Å². The third-order valence-electron chi connectivity index (χ3n) is 0.285. The van der Waals surface area contributed by atoms with E-state index in [0.717, 1.165) is 0 Å². The molecule has 0 heterocycles. The van der Waals surface area contributed by atoms with Crippen LogP contribution in [0.4, 0.5) is 0 Å². The zero-order valence-electron chi connectivity index (χ0n) is 6.11. The molecule has 0 aromatic heterocycles. The minimum Gasteiger partial charge on any atom is -0.381 e. The van der Waals surface area contributed by atoms with Crippen LogP contribution in [0.5, 0.6) is 0 Å². The second-order valence-corrected chi connectivity index (χ2v) is 1.45. The summed E-state index contributed by atoms with van der Waals surface area (Å²) in [5.41, 5.74) is 0. The van der Waals surface area contributed by atoms with Crippen LogP contribution < -0.4 is 0 Å². The smallest absolute Gasteiger partial charge is 0.0641 e. The maximum absolute atomic E-state index is 4.57. The molecule has 0 bridgehead atoms. The molecule has 8 heavy (non-hydrogen) atoms. The minimum absolute atomic E-state index is 0.653. The number of hydrogen-bond acceptors (Lipinski definition) is 1. The quantitative estimate of drug-likeness (QED) is 0.503. The van der Waals surface area contributed by atoms with Crippen molar-refractivity contribution in [3.63, 3.8) is 0 Å². The largest absolute Gasteiger partial charge is 0.381 e. The zero-order valence-corrected chi connectivity index (χ0v) is 6.11. The molecule has 0 radical (unpaired) electrons. The summed E-state index contributed by atoms with van der Waals surface area (Å²) in [4.78, 5) is 0. The van der Waals surface area contributed by atoms with E-state index in [0.29, 0.717) is 6.61 Å². The number of ether oxygens (including phenoxy) is 1. The Hall–Kier alpha value is -0.300. The number of rotatable bonds is 2. The van der Waals surface area contributed by atoms with Crippen LogP contribution in [0.3, 0.4) is 0 Å². The Labute approximate surface area is 52.4 Å². The Morgan fingerprint density at radius 3 is 1.88 bits per heavy atom. The predicted molar refractivity (Wildman–Crippen MR) is 38.0 cm³/mol. The highest BCUT2D eigenvalue weighted by atomic mass is 16.5. The lowest BCUT2D eigenvalue weighted by molar-refractivity contribution is 0.234. The van der Waals surface area contributed by atoms with Gasteiger partial charge in [0.15, 0.2) is 0 Å². The molecule has 0 spiro atoms. The molecule has 0 aromatic carbocycles. The molecule has 1 heteroatoms. The summed E-state index contributed by atoms with van der Waals surface area (Å²) >= 11 is 0. The van der Waals surface area contributed by atoms with E-state index in [9.17, 15) is 0 Å². The molecule has 0 amide bonds. The van der Waals surface area contributed by atoms with Crippen LogP contribution in [0.2, 0.25) is 0 Å². The Balaban J connectivity index is 0. The van der Waals surface area contributed by atoms with Crippen molar-refractivity contribution < 1.29 is 4.74 Å². The number of hydrogen-bond donors (Lipinski definition) is 0. The van der Waals surface area contributed by atoms with E-state index >= 15 is 0 Å². The maximum Gasteiger partial charge on any atom is 0.0641 e. The topological polar surface area (TPSA) is 9.23 Å². The first kappa shape index (κ1) is 10.6. The zero-order chi connectivity index (χ0) is 6.83. The molecule has 0 unspecified atom stereocenters. The monoisotopic (exact) mass is 116 g/mol. The van der Waals surface area contributed by atoms with Gasteiger partial charge in [0.05, 0.1) is 6.61 Å². The molecular weight excluding hydrogens is 100 g/mol. The van der Waals surface area contributed by atoms with Gasteiger partial charge in [-0.25, -0.2) is 0 Å². The second kappa shape index (κ2) is 15.9. The molecule has 0 saturated heterocycles. The van der Waals surface area contributed by atoms with Crippen LogP contribution in [-0.4, -0.2) is 13.7 Å². The lowest BCUT2D eigenvalue weighted by atomic mass is 10.6. The molecule has 1 nitrogen and oxygen atoms in total. The summed E-state index contributed by atoms with van der Waals surface area (Å²) in [5.74, 6) is 0. The van der Waals surface area contributed by atoms with Crippen molar-refractivity contribution in [2.24, 2.45) is 0 Å². The van der Waals surface area contributed by atoms with Crippen LogP contribution >= 0.6 is 0 Å². The van der Waals surface area contributed by atoms with Crippen molar-refractivity contribution in [1.82, 2.24) is 0 Å². The van der Waals surface area contributed by atoms with E-state index in [4.69, 9.17) is 0 Å². The van der Waals surface area contributed by atoms with Gasteiger partial charge in [0.2, 0.25) is 0 Å². The van der Waals surface area contributed by atoms with Crippen LogP contribution in [-0.2, 0) is 4.74 Å². The Kier molecular flexibility index (Phi) is 21.1. The van der Waals surface area contributed by atoms with E-state index in [1.165, 1.54) is 6.42 Å². The highest BCUT2D eigenvalue weighted by Crippen LogP contribution is 1.60. The fourth-order valence-electron chi connectivity index (χ4n) is 0.118. The van der Waals surface area contributed by atoms with Crippen molar-refractivity contribution >= 4 is 0 Å². The van der Waals surface area contributed by atoms with Gasteiger partial charge in [-0.2, -0.15) is 0 Å². The molecule has 0 aliphatic rings. The van der Waals surface area contributed by atoms with Gasteiger partial charge in [0.25, 0.3) is 0 Å². The summed E-state index contributed by atoms with van der Waals surface area (Å²) in [7, 11) is 1.64. The van der Waals surface area contributed by atoms with Crippen molar-refractivity contribution in [2.45, 2.75) is 20.3 Å². The summed E-state index contributed by atoms with van der Waals surface area (Å²) in [6.45, 7) is 8.33. The van der Waals surface area contributed by atoms with Gasteiger partial charge >= 0.3 is 0 Å². The Morgan fingerprint density at radius 2 is 1.88 bits per heavy atom. The number of methoxy groups -OCH3 is 1. The van der Waals surface area contributed by atoms with Gasteiger partial charge in [-0.15, -0.1) is 6.58 Å². The molecule has 0 saturated carbocycles. The van der Waals surface area contributed by atoms with E-state index in [2.05, 4.69) is 25.2 Å². The molecule has 0 aromatic rings. The molecule has 0 fully saturated rings. The standard InChI is InChI=1S/C4H8O.C3H8/c1-3-4-5-2;1-3-2/h3H,1,4H2,2H3;3H2,1-2H3. The first-order chi connectivity index (χ1) is 3.83. The lowest BCUT2D eigenvalue weighted by Crippen LogP contribution is -1.76. The summed E-state index contributed by atoms with van der Waals surface area (Å²) in [6.07, 6.45) is 2.96. The van der Waals surface area contributed by atoms with Gasteiger partial charge in [-0.1, -0.05) is 26.3 Å². The lowest BCUT2D eigenvalue weighted by Gasteiger charge is -1.79. The molecule has 0 aliphatic heterocycles. The van der Waals surface area contributed by atoms with E-state index in [1.807, 2.05) is 0 Å². The first-order valence-electron chi connectivity index (χ1n) is 2.93. The van der Waals surface area contributed by atoms with Crippen molar-refractivity contribution in [2.75, 3.05) is 13.7 Å². The van der Waals surface area contributed by atoms with E-state index < -0.39 is 0 Å². The summed E-state index contributed by atoms with van der Waals surface area (Å²) < 4.78 is 4.57. The molecule has 0 atom stereocenters. The van der Waals surface area contributed by atoms with E-state index in [1.54, 1.807) is 13.2 Å². The predicted octanol–water partition coefficient (Wildman–Crippen LogP) is 2.24. The highest BCUT2D eigenvalue weighted by Gasteiger charge is 1.58. The van der Waals surface area contributed by atoms with Gasteiger partial charge < -0.3 is 4.74 Å². The fraction of sp³-hybridized carbons (Fsp3) is 0.714. The molecule has 0 rings (SSSR count). The van der Waals surface area contributed by atoms with Crippen LogP contribution in [0.25, 0.3) is 0 Å². The van der Waals surface area contributed by atoms with Crippen molar-refractivity contribution in [3.8, 4) is 0 Å². The van der Waals surface area contributed by atoms with E-state index in [-0.39, 0.29) is 0 Å². The van der Waals surface area contributed by atoms with Crippen LogP contribution in [0.15, 0.2) is 12.7 Å². The maximum atomic E-state index is 4.57. The molecule has 0 aliphatic carbocycles. The van der Waals surface area contributed by atoms with Gasteiger partial charge in [-0.3, -0.25) is 0 Å². The third-order valence-corrected chi connectivity index (χ3v) is 0.285. The molecule has 0 N–H and O–H groups in total. The van der Waals surface area contributed by atoms with Gasteiger partial charge in [-0.05, 0) is 0 Å². The van der Waals surface area contributed by atoms with Crippen molar-refractivity contribution in [1.29, 1.82) is 0 Å². The Bertz CT molecular complexity index is 33.4. The Morgan fingerprint density at radius 1 is 1.50 bits per heavy atom. The van der Waals surface area contributed by atoms with Crippen LogP contribution in [0, 0.1) is 0 Å². The second-order valence-electron chi connectivity index (χ2n) is 1.45. The van der Waals surface area contributed by atoms with Crippen LogP contribution in [0.1, 0.15) is 20.3 Å². The fourth-order valence-corrected chi connectivity index (χ4v) is 0.118.